The van der Waals surface area contributed by atoms with Gasteiger partial charge >= 0.3 is 0 Å². The zero-order valence-electron chi connectivity index (χ0n) is 13.2. The van der Waals surface area contributed by atoms with Gasteiger partial charge in [-0.05, 0) is 18.9 Å². The summed E-state index contributed by atoms with van der Waals surface area (Å²) in [6.07, 6.45) is 2.56. The van der Waals surface area contributed by atoms with Gasteiger partial charge in [0.2, 0.25) is 5.88 Å². The molecule has 1 aliphatic heterocycles. The summed E-state index contributed by atoms with van der Waals surface area (Å²) in [5.74, 6) is 0.412. The van der Waals surface area contributed by atoms with Crippen molar-refractivity contribution in [3.8, 4) is 5.88 Å². The minimum atomic E-state index is -3.72. The predicted octanol–water partition coefficient (Wildman–Crippen LogP) is -0.259. The SMILES string of the molecule is COc1cccc2c(C(=O)N3CCC(NS(N)(=O)=O)CC3)cnn12. The number of pyridine rings is 1. The van der Waals surface area contributed by atoms with Crippen LogP contribution in [0.5, 0.6) is 5.88 Å². The molecule has 0 radical (unpaired) electrons. The first-order valence-electron chi connectivity index (χ1n) is 7.49. The summed E-state index contributed by atoms with van der Waals surface area (Å²) in [6, 6.07) is 5.12. The number of carbonyl (C=O) groups is 1. The van der Waals surface area contributed by atoms with Gasteiger partial charge in [-0.1, -0.05) is 6.07 Å². The van der Waals surface area contributed by atoms with E-state index in [1.807, 2.05) is 0 Å². The minimum absolute atomic E-state index is 0.132. The number of carbonyl (C=O) groups excluding carboxylic acids is 1. The van der Waals surface area contributed by atoms with Crippen LogP contribution in [-0.2, 0) is 10.2 Å². The normalized spacial score (nSPS) is 16.5. The molecule has 1 saturated heterocycles. The van der Waals surface area contributed by atoms with Gasteiger partial charge in [0.25, 0.3) is 16.1 Å². The van der Waals surface area contributed by atoms with Crippen molar-refractivity contribution in [1.82, 2.24) is 19.2 Å². The second-order valence-corrected chi connectivity index (χ2v) is 6.98. The summed E-state index contributed by atoms with van der Waals surface area (Å²) in [5.41, 5.74) is 1.16. The highest BCUT2D eigenvalue weighted by Crippen LogP contribution is 2.21. The Morgan fingerprint density at radius 2 is 2.08 bits per heavy atom. The van der Waals surface area contributed by atoms with E-state index in [0.717, 1.165) is 0 Å². The van der Waals surface area contributed by atoms with Gasteiger partial charge < -0.3 is 9.64 Å². The van der Waals surface area contributed by atoms with Crippen molar-refractivity contribution < 1.29 is 17.9 Å². The van der Waals surface area contributed by atoms with Crippen LogP contribution in [0, 0.1) is 0 Å². The van der Waals surface area contributed by atoms with E-state index >= 15 is 0 Å². The highest BCUT2D eigenvalue weighted by atomic mass is 32.2. The van der Waals surface area contributed by atoms with Crippen LogP contribution in [0.2, 0.25) is 0 Å². The summed E-state index contributed by atoms with van der Waals surface area (Å²) < 4.78 is 31.3. The van der Waals surface area contributed by atoms with Crippen LogP contribution in [0.25, 0.3) is 5.52 Å². The van der Waals surface area contributed by atoms with Gasteiger partial charge in [0.1, 0.15) is 0 Å². The number of amides is 1. The minimum Gasteiger partial charge on any atom is -0.481 e. The van der Waals surface area contributed by atoms with Crippen LogP contribution in [0.4, 0.5) is 0 Å². The first kappa shape index (κ1) is 16.7. The molecule has 24 heavy (non-hydrogen) atoms. The molecule has 0 saturated carbocycles. The summed E-state index contributed by atoms with van der Waals surface area (Å²) in [5, 5.41) is 9.19. The summed E-state index contributed by atoms with van der Waals surface area (Å²) in [6.45, 7) is 0.903. The third kappa shape index (κ3) is 3.35. The maximum atomic E-state index is 12.7. The number of nitrogens with zero attached hydrogens (tertiary/aromatic N) is 3. The van der Waals surface area contributed by atoms with E-state index in [1.54, 1.807) is 34.7 Å². The molecule has 3 heterocycles. The molecule has 0 spiro atoms. The van der Waals surface area contributed by atoms with E-state index in [-0.39, 0.29) is 11.9 Å². The zero-order chi connectivity index (χ0) is 17.3. The smallest absolute Gasteiger partial charge is 0.274 e. The van der Waals surface area contributed by atoms with Crippen LogP contribution in [-0.4, -0.2) is 55.1 Å². The number of nitrogens with one attached hydrogen (secondary N) is 1. The Bertz CT molecular complexity index is 855. The fourth-order valence-corrected chi connectivity index (χ4v) is 3.61. The first-order chi connectivity index (χ1) is 11.4. The van der Waals surface area contributed by atoms with Crippen molar-refractivity contribution in [3.63, 3.8) is 0 Å². The molecule has 1 amide bonds. The standard InChI is InChI=1S/C14H19N5O4S/c1-23-13-4-2-3-12-11(9-16-19(12)13)14(20)18-7-5-10(6-8-18)17-24(15,21)22/h2-4,9-10,17H,5-8H2,1H3,(H2,15,21,22). The number of nitrogens with two attached hydrogens (primary N) is 1. The van der Waals surface area contributed by atoms with Gasteiger partial charge in [-0.3, -0.25) is 4.79 Å². The lowest BCUT2D eigenvalue weighted by molar-refractivity contribution is 0.0713. The summed E-state index contributed by atoms with van der Waals surface area (Å²) in [7, 11) is -2.18. The molecule has 9 nitrogen and oxygen atoms in total. The number of likely N-dealkylation sites (tertiary alicyclic amines) is 1. The molecule has 1 fully saturated rings. The fourth-order valence-electron chi connectivity index (χ4n) is 2.91. The van der Waals surface area contributed by atoms with Crippen LogP contribution >= 0.6 is 0 Å². The number of methoxy groups -OCH3 is 1. The topological polar surface area (TPSA) is 119 Å². The third-order valence-corrected chi connectivity index (χ3v) is 4.72. The molecule has 10 heteroatoms. The molecule has 1 aliphatic rings. The monoisotopic (exact) mass is 353 g/mol. The lowest BCUT2D eigenvalue weighted by Crippen LogP contribution is -2.48. The van der Waals surface area contributed by atoms with Gasteiger partial charge in [-0.15, -0.1) is 0 Å². The van der Waals surface area contributed by atoms with E-state index in [2.05, 4.69) is 9.82 Å². The summed E-state index contributed by atoms with van der Waals surface area (Å²) in [4.78, 5) is 14.4. The van der Waals surface area contributed by atoms with Gasteiger partial charge in [0, 0.05) is 25.2 Å². The fraction of sp³-hybridized carbons (Fsp3) is 0.429. The maximum absolute atomic E-state index is 12.7. The van der Waals surface area contributed by atoms with Crippen molar-refractivity contribution in [3.05, 3.63) is 30.0 Å². The zero-order valence-corrected chi connectivity index (χ0v) is 14.0. The maximum Gasteiger partial charge on any atom is 0.274 e. The molecule has 0 unspecified atom stereocenters. The largest absolute Gasteiger partial charge is 0.481 e. The van der Waals surface area contributed by atoms with Gasteiger partial charge in [0.15, 0.2) is 0 Å². The molecule has 0 aromatic carbocycles. The number of ether oxygens (including phenoxy) is 1. The Balaban J connectivity index is 1.74. The average molecular weight is 353 g/mol. The van der Waals surface area contributed by atoms with E-state index in [4.69, 9.17) is 9.88 Å². The quantitative estimate of drug-likeness (QED) is 0.785. The summed E-state index contributed by atoms with van der Waals surface area (Å²) >= 11 is 0. The second-order valence-electron chi connectivity index (χ2n) is 5.65. The Labute approximate surface area is 139 Å². The molecule has 0 bridgehead atoms. The van der Waals surface area contributed by atoms with Gasteiger partial charge in [-0.25, -0.2) is 9.65 Å². The molecular formula is C14H19N5O4S. The Morgan fingerprint density at radius 1 is 1.38 bits per heavy atom. The third-order valence-electron chi connectivity index (χ3n) is 4.06. The van der Waals surface area contributed by atoms with E-state index < -0.39 is 10.2 Å². The lowest BCUT2D eigenvalue weighted by Gasteiger charge is -2.31. The van der Waals surface area contributed by atoms with Crippen molar-refractivity contribution in [2.75, 3.05) is 20.2 Å². The van der Waals surface area contributed by atoms with Gasteiger partial charge in [0.05, 0.1) is 24.4 Å². The average Bonchev–Trinajstić information content (AvgIpc) is 2.97. The molecular weight excluding hydrogens is 334 g/mol. The van der Waals surface area contributed by atoms with E-state index in [0.29, 0.717) is 42.9 Å². The van der Waals surface area contributed by atoms with E-state index in [1.165, 1.54) is 6.20 Å². The molecule has 0 aliphatic carbocycles. The predicted molar refractivity (Wildman–Crippen MR) is 86.9 cm³/mol. The Morgan fingerprint density at radius 3 is 2.71 bits per heavy atom. The Hall–Kier alpha value is -2.17. The van der Waals surface area contributed by atoms with Gasteiger partial charge in [-0.2, -0.15) is 18.2 Å². The van der Waals surface area contributed by atoms with Crippen molar-refractivity contribution in [2.24, 2.45) is 5.14 Å². The number of rotatable bonds is 4. The highest BCUT2D eigenvalue weighted by Gasteiger charge is 2.27. The number of hydrogen-bond donors (Lipinski definition) is 2. The van der Waals surface area contributed by atoms with Crippen LogP contribution in [0.3, 0.4) is 0 Å². The number of piperidine rings is 1. The molecule has 2 aromatic rings. The second kappa shape index (κ2) is 6.38. The van der Waals surface area contributed by atoms with Crippen LogP contribution in [0.1, 0.15) is 23.2 Å². The molecule has 3 rings (SSSR count). The highest BCUT2D eigenvalue weighted by molar-refractivity contribution is 7.87. The number of hydrogen-bond acceptors (Lipinski definition) is 5. The van der Waals surface area contributed by atoms with E-state index in [9.17, 15) is 13.2 Å². The molecule has 2 aromatic heterocycles. The first-order valence-corrected chi connectivity index (χ1v) is 9.04. The lowest BCUT2D eigenvalue weighted by atomic mass is 10.1. The van der Waals surface area contributed by atoms with Crippen LogP contribution in [0.15, 0.2) is 24.4 Å². The molecule has 3 N–H and O–H groups in total. The molecule has 130 valence electrons. The van der Waals surface area contributed by atoms with Crippen molar-refractivity contribution in [2.45, 2.75) is 18.9 Å². The number of aromatic nitrogens is 2. The van der Waals surface area contributed by atoms with Crippen molar-refractivity contribution >= 4 is 21.6 Å². The van der Waals surface area contributed by atoms with Crippen LogP contribution < -0.4 is 14.6 Å². The van der Waals surface area contributed by atoms with Crippen molar-refractivity contribution in [1.29, 1.82) is 0 Å². The number of fused-ring (bicyclic) bond motifs is 1. The Kier molecular flexibility index (Phi) is 4.43. The molecule has 0 atom stereocenters.